The van der Waals surface area contributed by atoms with Crippen LogP contribution in [0.15, 0.2) is 5.38 Å². The van der Waals surface area contributed by atoms with Crippen LogP contribution in [0.2, 0.25) is 0 Å². The number of aldehydes is 1. The topological polar surface area (TPSA) is 30.0 Å². The predicted octanol–water partition coefficient (Wildman–Crippen LogP) is 2.15. The molecule has 0 bridgehead atoms. The zero-order chi connectivity index (χ0) is 8.39. The van der Waals surface area contributed by atoms with Gasteiger partial charge in [-0.3, -0.25) is 0 Å². The van der Waals surface area contributed by atoms with Crippen LogP contribution in [0.3, 0.4) is 0 Å². The molecule has 0 spiro atoms. The first kappa shape index (κ1) is 7.92. The third-order valence-corrected chi connectivity index (χ3v) is 3.37. The number of aromatic nitrogens is 1. The van der Waals surface area contributed by atoms with Crippen LogP contribution >= 0.6 is 11.3 Å². The van der Waals surface area contributed by atoms with E-state index in [-0.39, 0.29) is 0 Å². The van der Waals surface area contributed by atoms with Gasteiger partial charge in [-0.1, -0.05) is 6.42 Å². The fourth-order valence-corrected chi connectivity index (χ4v) is 2.35. The second kappa shape index (κ2) is 3.35. The van der Waals surface area contributed by atoms with Gasteiger partial charge in [0.25, 0.3) is 0 Å². The lowest BCUT2D eigenvalue weighted by atomic mass is 9.86. The maximum Gasteiger partial charge on any atom is 0.125 e. The van der Waals surface area contributed by atoms with E-state index in [2.05, 4.69) is 4.98 Å². The van der Waals surface area contributed by atoms with E-state index in [1.165, 1.54) is 24.3 Å². The van der Waals surface area contributed by atoms with Gasteiger partial charge in [-0.05, 0) is 12.8 Å². The van der Waals surface area contributed by atoms with E-state index in [4.69, 9.17) is 0 Å². The van der Waals surface area contributed by atoms with Crippen molar-refractivity contribution in [3.63, 3.8) is 0 Å². The summed E-state index contributed by atoms with van der Waals surface area (Å²) >= 11 is 1.70. The molecule has 0 radical (unpaired) electrons. The highest BCUT2D eigenvalue weighted by Crippen LogP contribution is 2.37. The number of carbonyl (C=O) groups excluding carboxylic acids is 1. The van der Waals surface area contributed by atoms with Gasteiger partial charge in [0.05, 0.1) is 10.7 Å². The molecule has 2 rings (SSSR count). The van der Waals surface area contributed by atoms with Gasteiger partial charge >= 0.3 is 0 Å². The molecule has 2 nitrogen and oxygen atoms in total. The Labute approximate surface area is 75.6 Å². The van der Waals surface area contributed by atoms with E-state index in [0.717, 1.165) is 12.0 Å². The Balaban J connectivity index is 2.07. The monoisotopic (exact) mass is 181 g/mol. The summed E-state index contributed by atoms with van der Waals surface area (Å²) in [4.78, 5) is 14.6. The van der Waals surface area contributed by atoms with Crippen molar-refractivity contribution in [2.24, 2.45) is 0 Å². The average molecular weight is 181 g/mol. The minimum atomic E-state index is 0.475. The normalized spacial score (nSPS) is 17.3. The van der Waals surface area contributed by atoms with Crippen molar-refractivity contribution in [2.45, 2.75) is 31.6 Å². The molecule has 0 N–H and O–H groups in total. The molecular formula is C9H11NOS. The minimum Gasteiger partial charge on any atom is -0.303 e. The molecule has 1 aliphatic carbocycles. The van der Waals surface area contributed by atoms with Crippen LogP contribution in [0.5, 0.6) is 0 Å². The first-order chi connectivity index (χ1) is 5.90. The Morgan fingerprint density at radius 2 is 2.50 bits per heavy atom. The van der Waals surface area contributed by atoms with Crippen molar-refractivity contribution >= 4 is 17.6 Å². The highest BCUT2D eigenvalue weighted by molar-refractivity contribution is 7.09. The molecule has 0 aromatic carbocycles. The fourth-order valence-electron chi connectivity index (χ4n) is 1.34. The van der Waals surface area contributed by atoms with E-state index in [1.54, 1.807) is 11.3 Å². The SMILES string of the molecule is O=CCc1csc(C2CCC2)n1. The summed E-state index contributed by atoms with van der Waals surface area (Å²) < 4.78 is 0. The summed E-state index contributed by atoms with van der Waals surface area (Å²) in [6.07, 6.45) is 5.30. The van der Waals surface area contributed by atoms with Gasteiger partial charge in [0, 0.05) is 17.7 Å². The summed E-state index contributed by atoms with van der Waals surface area (Å²) in [6.45, 7) is 0. The maximum atomic E-state index is 10.2. The van der Waals surface area contributed by atoms with E-state index >= 15 is 0 Å². The Hall–Kier alpha value is -0.700. The Morgan fingerprint density at radius 3 is 3.08 bits per heavy atom. The van der Waals surface area contributed by atoms with E-state index in [9.17, 15) is 4.79 Å². The van der Waals surface area contributed by atoms with Gasteiger partial charge in [-0.2, -0.15) is 0 Å². The molecule has 1 aromatic heterocycles. The molecule has 12 heavy (non-hydrogen) atoms. The Bertz CT molecular complexity index is 278. The van der Waals surface area contributed by atoms with Crippen molar-refractivity contribution in [2.75, 3.05) is 0 Å². The number of rotatable bonds is 3. The molecule has 0 unspecified atom stereocenters. The van der Waals surface area contributed by atoms with Gasteiger partial charge in [-0.15, -0.1) is 11.3 Å². The fraction of sp³-hybridized carbons (Fsp3) is 0.556. The summed E-state index contributed by atoms with van der Waals surface area (Å²) in [5.41, 5.74) is 0.942. The third kappa shape index (κ3) is 1.41. The zero-order valence-electron chi connectivity index (χ0n) is 6.82. The summed E-state index contributed by atoms with van der Waals surface area (Å²) in [5, 5.41) is 3.24. The first-order valence-corrected chi connectivity index (χ1v) is 5.16. The van der Waals surface area contributed by atoms with E-state index in [1.807, 2.05) is 5.38 Å². The lowest BCUT2D eigenvalue weighted by molar-refractivity contribution is -0.107. The number of carbonyl (C=O) groups is 1. The third-order valence-electron chi connectivity index (χ3n) is 2.32. The molecule has 3 heteroatoms. The van der Waals surface area contributed by atoms with E-state index < -0.39 is 0 Å². The quantitative estimate of drug-likeness (QED) is 0.669. The van der Waals surface area contributed by atoms with Crippen molar-refractivity contribution < 1.29 is 4.79 Å². The highest BCUT2D eigenvalue weighted by Gasteiger charge is 2.22. The second-order valence-corrected chi connectivity index (χ2v) is 4.07. The molecule has 0 saturated heterocycles. The van der Waals surface area contributed by atoms with Crippen LogP contribution in [0.25, 0.3) is 0 Å². The van der Waals surface area contributed by atoms with Crippen LogP contribution in [0.1, 0.15) is 35.9 Å². The van der Waals surface area contributed by atoms with Gasteiger partial charge in [-0.25, -0.2) is 4.98 Å². The standard InChI is InChI=1S/C9H11NOS/c11-5-4-8-6-12-9(10-8)7-2-1-3-7/h5-7H,1-4H2. The van der Waals surface area contributed by atoms with Gasteiger partial charge in [0.1, 0.15) is 6.29 Å². The number of hydrogen-bond donors (Lipinski definition) is 0. The lowest BCUT2D eigenvalue weighted by Crippen LogP contribution is -2.08. The van der Waals surface area contributed by atoms with Gasteiger partial charge in [0.15, 0.2) is 0 Å². The molecular weight excluding hydrogens is 170 g/mol. The zero-order valence-corrected chi connectivity index (χ0v) is 7.64. The number of hydrogen-bond acceptors (Lipinski definition) is 3. The van der Waals surface area contributed by atoms with Crippen molar-refractivity contribution in [3.05, 3.63) is 16.1 Å². The minimum absolute atomic E-state index is 0.475. The Kier molecular flexibility index (Phi) is 2.21. The second-order valence-electron chi connectivity index (χ2n) is 3.18. The highest BCUT2D eigenvalue weighted by atomic mass is 32.1. The average Bonchev–Trinajstić information content (AvgIpc) is 2.34. The van der Waals surface area contributed by atoms with Gasteiger partial charge in [0.2, 0.25) is 0 Å². The lowest BCUT2D eigenvalue weighted by Gasteiger charge is -2.22. The number of nitrogens with zero attached hydrogens (tertiary/aromatic N) is 1. The summed E-state index contributed by atoms with van der Waals surface area (Å²) in [6, 6.07) is 0. The van der Waals surface area contributed by atoms with Crippen LogP contribution in [0.4, 0.5) is 0 Å². The summed E-state index contributed by atoms with van der Waals surface area (Å²) in [7, 11) is 0. The molecule has 0 aliphatic heterocycles. The molecule has 64 valence electrons. The largest absolute Gasteiger partial charge is 0.303 e. The van der Waals surface area contributed by atoms with E-state index in [0.29, 0.717) is 12.3 Å². The molecule has 1 heterocycles. The first-order valence-electron chi connectivity index (χ1n) is 4.28. The summed E-state index contributed by atoms with van der Waals surface area (Å²) in [5.74, 6) is 0.704. The molecule has 1 aliphatic rings. The predicted molar refractivity (Wildman–Crippen MR) is 48.5 cm³/mol. The van der Waals surface area contributed by atoms with Crippen LogP contribution in [-0.2, 0) is 11.2 Å². The molecule has 0 amide bonds. The van der Waals surface area contributed by atoms with Crippen LogP contribution < -0.4 is 0 Å². The molecule has 1 fully saturated rings. The van der Waals surface area contributed by atoms with Crippen molar-refractivity contribution in [3.8, 4) is 0 Å². The molecule has 1 aromatic rings. The van der Waals surface area contributed by atoms with Crippen LogP contribution in [0, 0.1) is 0 Å². The molecule has 1 saturated carbocycles. The van der Waals surface area contributed by atoms with Crippen molar-refractivity contribution in [1.29, 1.82) is 0 Å². The van der Waals surface area contributed by atoms with Crippen LogP contribution in [-0.4, -0.2) is 11.3 Å². The Morgan fingerprint density at radius 1 is 1.67 bits per heavy atom. The van der Waals surface area contributed by atoms with Crippen molar-refractivity contribution in [1.82, 2.24) is 4.98 Å². The smallest absolute Gasteiger partial charge is 0.125 e. The maximum absolute atomic E-state index is 10.2. The van der Waals surface area contributed by atoms with Gasteiger partial charge < -0.3 is 4.79 Å². The molecule has 0 atom stereocenters. The number of thiazole rings is 1.